The summed E-state index contributed by atoms with van der Waals surface area (Å²) in [7, 11) is 0. The molecular formula is C41H40Cl2N4O6. The number of imide groups is 1. The van der Waals surface area contributed by atoms with Crippen LogP contribution in [0.5, 0.6) is 5.75 Å². The predicted molar refractivity (Wildman–Crippen MR) is 208 cm³/mol. The van der Waals surface area contributed by atoms with Gasteiger partial charge in [-0.25, -0.2) is 0 Å². The number of unbranched alkanes of at least 4 members (excludes halogenated alkanes) is 2. The third-order valence-electron chi connectivity index (χ3n) is 10.5. The Morgan fingerprint density at radius 2 is 1.21 bits per heavy atom. The zero-order chi connectivity index (χ0) is 37.2. The number of amides is 5. The van der Waals surface area contributed by atoms with Crippen molar-refractivity contribution in [3.63, 3.8) is 0 Å². The van der Waals surface area contributed by atoms with Crippen molar-refractivity contribution in [1.29, 1.82) is 0 Å². The first-order valence-electron chi connectivity index (χ1n) is 18.1. The Morgan fingerprint density at radius 1 is 0.679 bits per heavy atom. The van der Waals surface area contributed by atoms with Crippen LogP contribution in [0.15, 0.2) is 72.8 Å². The van der Waals surface area contributed by atoms with Crippen LogP contribution >= 0.6 is 23.2 Å². The average molecular weight is 756 g/mol. The largest absolute Gasteiger partial charge is 0.507 e. The monoisotopic (exact) mass is 754 g/mol. The van der Waals surface area contributed by atoms with Gasteiger partial charge in [-0.3, -0.25) is 28.9 Å². The number of rotatable bonds is 13. The van der Waals surface area contributed by atoms with Gasteiger partial charge in [-0.05, 0) is 47.2 Å². The smallest absolute Gasteiger partial charge is 0.253 e. The average Bonchev–Trinajstić information content (AvgIpc) is 3.84. The highest BCUT2D eigenvalue weighted by Crippen LogP contribution is 2.47. The van der Waals surface area contributed by atoms with Crippen LogP contribution in [0, 0.1) is 0 Å². The maximum Gasteiger partial charge on any atom is 0.253 e. The van der Waals surface area contributed by atoms with E-state index in [2.05, 4.69) is 5.32 Å². The summed E-state index contributed by atoms with van der Waals surface area (Å²) in [5.41, 5.74) is 3.89. The molecule has 5 amide bonds. The van der Waals surface area contributed by atoms with E-state index < -0.39 is 0 Å². The summed E-state index contributed by atoms with van der Waals surface area (Å²) in [6.07, 6.45) is 5.28. The lowest BCUT2D eigenvalue weighted by Crippen LogP contribution is -2.32. The SMILES string of the molecule is O=C(CCCCCN1C(=O)C=CC1=O)Nc1cc2c(c3ccccc13)C(CCl)CN2C(=O)CCCC(=O)N1CC(CCl)c2c1cc(O)c1ccccc21. The second kappa shape index (κ2) is 15.6. The number of aromatic hydroxyl groups is 1. The van der Waals surface area contributed by atoms with Crippen LogP contribution in [0.3, 0.4) is 0 Å². The van der Waals surface area contributed by atoms with Crippen molar-refractivity contribution in [3.8, 4) is 5.75 Å². The minimum absolute atomic E-state index is 0.0720. The molecule has 3 aliphatic rings. The van der Waals surface area contributed by atoms with Crippen molar-refractivity contribution in [3.05, 3.63) is 83.9 Å². The van der Waals surface area contributed by atoms with E-state index in [0.29, 0.717) is 74.1 Å². The summed E-state index contributed by atoms with van der Waals surface area (Å²) in [5, 5.41) is 17.2. The number of halogens is 2. The molecule has 274 valence electrons. The van der Waals surface area contributed by atoms with Gasteiger partial charge in [0.15, 0.2) is 0 Å². The highest BCUT2D eigenvalue weighted by atomic mass is 35.5. The van der Waals surface area contributed by atoms with Crippen molar-refractivity contribution >= 4 is 91.3 Å². The molecule has 4 aromatic rings. The lowest BCUT2D eigenvalue weighted by Gasteiger charge is -2.21. The number of hydrogen-bond donors (Lipinski definition) is 2. The molecule has 0 saturated heterocycles. The lowest BCUT2D eigenvalue weighted by molar-refractivity contribution is -0.137. The molecule has 0 saturated carbocycles. The Morgan fingerprint density at radius 3 is 1.79 bits per heavy atom. The number of benzene rings is 4. The molecule has 0 aliphatic carbocycles. The van der Waals surface area contributed by atoms with Gasteiger partial charge in [0, 0.05) is 97.2 Å². The van der Waals surface area contributed by atoms with Gasteiger partial charge in [0.1, 0.15) is 5.75 Å². The molecule has 3 aliphatic heterocycles. The van der Waals surface area contributed by atoms with E-state index in [0.717, 1.165) is 32.7 Å². The molecule has 4 aromatic carbocycles. The molecular weight excluding hydrogens is 715 g/mol. The second-order valence-corrected chi connectivity index (χ2v) is 14.5. The Bertz CT molecular complexity index is 2150. The quantitative estimate of drug-likeness (QED) is 0.0836. The number of carbonyl (C=O) groups excluding carboxylic acids is 5. The van der Waals surface area contributed by atoms with Crippen LogP contribution in [-0.4, -0.2) is 70.9 Å². The number of phenols is 1. The fraction of sp³-hybridized carbons (Fsp3) is 0.341. The van der Waals surface area contributed by atoms with Gasteiger partial charge in [0.2, 0.25) is 17.7 Å². The van der Waals surface area contributed by atoms with Gasteiger partial charge in [-0.1, -0.05) is 55.0 Å². The summed E-state index contributed by atoms with van der Waals surface area (Å²) in [4.78, 5) is 68.7. The third kappa shape index (κ3) is 7.10. The number of fused-ring (bicyclic) bond motifs is 6. The van der Waals surface area contributed by atoms with Gasteiger partial charge in [-0.15, -0.1) is 23.2 Å². The van der Waals surface area contributed by atoms with Gasteiger partial charge < -0.3 is 20.2 Å². The van der Waals surface area contributed by atoms with Crippen LogP contribution in [-0.2, 0) is 24.0 Å². The first-order chi connectivity index (χ1) is 25.7. The van der Waals surface area contributed by atoms with Crippen LogP contribution in [0.4, 0.5) is 17.1 Å². The molecule has 0 aromatic heterocycles. The molecule has 3 heterocycles. The van der Waals surface area contributed by atoms with Gasteiger partial charge >= 0.3 is 0 Å². The van der Waals surface area contributed by atoms with E-state index in [9.17, 15) is 29.1 Å². The van der Waals surface area contributed by atoms with E-state index in [4.69, 9.17) is 23.2 Å². The number of phenolic OH excluding ortho intramolecular Hbond substituents is 1. The lowest BCUT2D eigenvalue weighted by atomic mass is 9.95. The highest BCUT2D eigenvalue weighted by molar-refractivity contribution is 6.20. The summed E-state index contributed by atoms with van der Waals surface area (Å²) < 4.78 is 0. The van der Waals surface area contributed by atoms with E-state index in [1.807, 2.05) is 54.6 Å². The molecule has 0 fully saturated rings. The molecule has 2 N–H and O–H groups in total. The standard InChI is InChI=1S/C41H40Cl2N4O6/c42-21-25-23-46(36(50)14-8-15-37(51)47-24-26(22-43)41-30-12-6-4-10-28(30)34(48)20-33(41)47)32-19-31(27-9-3-5-11-29(27)40(25)32)44-35(49)13-2-1-7-18-45-38(52)16-17-39(45)53/h3-6,9-12,16-17,19-20,25-26,48H,1-2,7-8,13-15,18,21-24H2,(H,44,49). The Kier molecular flexibility index (Phi) is 10.7. The Hall–Kier alpha value is -4.93. The highest BCUT2D eigenvalue weighted by Gasteiger charge is 2.36. The van der Waals surface area contributed by atoms with Crippen LogP contribution in [0.2, 0.25) is 0 Å². The van der Waals surface area contributed by atoms with Crippen molar-refractivity contribution in [2.45, 2.75) is 56.8 Å². The summed E-state index contributed by atoms with van der Waals surface area (Å²) in [5.74, 6) is -0.471. The maximum atomic E-state index is 13.8. The van der Waals surface area contributed by atoms with Crippen molar-refractivity contribution in [2.75, 3.05) is 46.5 Å². The number of hydrogen-bond acceptors (Lipinski definition) is 6. The summed E-state index contributed by atoms with van der Waals surface area (Å²) in [6, 6.07) is 18.8. The maximum absolute atomic E-state index is 13.8. The number of nitrogens with zero attached hydrogens (tertiary/aromatic N) is 3. The number of nitrogens with one attached hydrogen (secondary N) is 1. The number of carbonyl (C=O) groups is 5. The molecule has 10 nitrogen and oxygen atoms in total. The normalized spacial score (nSPS) is 17.7. The molecule has 0 bridgehead atoms. The van der Waals surface area contributed by atoms with E-state index >= 15 is 0 Å². The molecule has 7 rings (SSSR count). The molecule has 2 unspecified atom stereocenters. The molecule has 2 atom stereocenters. The van der Waals surface area contributed by atoms with Gasteiger partial charge in [0.25, 0.3) is 11.8 Å². The van der Waals surface area contributed by atoms with E-state index in [1.165, 1.54) is 17.1 Å². The fourth-order valence-electron chi connectivity index (χ4n) is 7.96. The first-order valence-corrected chi connectivity index (χ1v) is 19.1. The predicted octanol–water partition coefficient (Wildman–Crippen LogP) is 7.33. The Balaban J connectivity index is 1.01. The summed E-state index contributed by atoms with van der Waals surface area (Å²) in [6.45, 7) is 1.13. The second-order valence-electron chi connectivity index (χ2n) is 13.9. The zero-order valence-corrected chi connectivity index (χ0v) is 30.7. The van der Waals surface area contributed by atoms with E-state index in [1.54, 1.807) is 15.9 Å². The van der Waals surface area contributed by atoms with Gasteiger partial charge in [0.05, 0.1) is 11.4 Å². The zero-order valence-electron chi connectivity index (χ0n) is 29.2. The Labute approximate surface area is 317 Å². The number of anilines is 3. The van der Waals surface area contributed by atoms with Crippen LogP contribution in [0.25, 0.3) is 21.5 Å². The van der Waals surface area contributed by atoms with Gasteiger partial charge in [-0.2, -0.15) is 0 Å². The minimum Gasteiger partial charge on any atom is -0.507 e. The van der Waals surface area contributed by atoms with Crippen molar-refractivity contribution in [1.82, 2.24) is 4.90 Å². The van der Waals surface area contributed by atoms with E-state index in [-0.39, 0.29) is 66.4 Å². The number of alkyl halides is 2. The van der Waals surface area contributed by atoms with Crippen LogP contribution < -0.4 is 15.1 Å². The summed E-state index contributed by atoms with van der Waals surface area (Å²) >= 11 is 12.8. The molecule has 12 heteroatoms. The van der Waals surface area contributed by atoms with Crippen molar-refractivity contribution < 1.29 is 29.1 Å². The molecule has 53 heavy (non-hydrogen) atoms. The minimum atomic E-state index is -0.307. The first kappa shape index (κ1) is 36.4. The third-order valence-corrected chi connectivity index (χ3v) is 11.3. The molecule has 0 spiro atoms. The van der Waals surface area contributed by atoms with Crippen LogP contribution in [0.1, 0.15) is 67.9 Å². The fourth-order valence-corrected chi connectivity index (χ4v) is 8.46. The van der Waals surface area contributed by atoms with Crippen molar-refractivity contribution in [2.24, 2.45) is 0 Å². The molecule has 0 radical (unpaired) electrons. The topological polar surface area (TPSA) is 127 Å².